The summed E-state index contributed by atoms with van der Waals surface area (Å²) in [5, 5.41) is 20.3. The summed E-state index contributed by atoms with van der Waals surface area (Å²) in [6, 6.07) is 22.7. The van der Waals surface area contributed by atoms with Crippen LogP contribution in [0.5, 0.6) is 0 Å². The number of sulfonamides is 1. The molecule has 0 amide bonds. The lowest BCUT2D eigenvalue weighted by atomic mass is 9.94. The average Bonchev–Trinajstić information content (AvgIpc) is 3.86. The number of nitrogens with zero attached hydrogens (tertiary/aromatic N) is 4. The molecular weight excluding hydrogens is 699 g/mol. The van der Waals surface area contributed by atoms with E-state index in [1.807, 2.05) is 42.8 Å². The Hall–Kier alpha value is -4.62. The Morgan fingerprint density at radius 3 is 2.37 bits per heavy atom. The predicted molar refractivity (Wildman–Crippen MR) is 205 cm³/mol. The summed E-state index contributed by atoms with van der Waals surface area (Å²) in [5.41, 5.74) is 9.90. The summed E-state index contributed by atoms with van der Waals surface area (Å²) in [5.74, 6) is 0.716. The van der Waals surface area contributed by atoms with Gasteiger partial charge < -0.3 is 9.63 Å². The van der Waals surface area contributed by atoms with Crippen LogP contribution in [-0.4, -0.2) is 40.1 Å². The molecule has 0 aliphatic heterocycles. The Kier molecular flexibility index (Phi) is 9.44. The van der Waals surface area contributed by atoms with Crippen molar-refractivity contribution >= 4 is 49.4 Å². The van der Waals surface area contributed by atoms with E-state index >= 15 is 0 Å². The van der Waals surface area contributed by atoms with Gasteiger partial charge in [-0.25, -0.2) is 8.42 Å². The molecule has 5 heterocycles. The van der Waals surface area contributed by atoms with Gasteiger partial charge in [0, 0.05) is 39.6 Å². The second-order valence-corrected chi connectivity index (χ2v) is 17.4. The van der Waals surface area contributed by atoms with Crippen LogP contribution < -0.4 is 4.72 Å². The first-order valence-electron chi connectivity index (χ1n) is 16.7. The zero-order chi connectivity index (χ0) is 36.0. The summed E-state index contributed by atoms with van der Waals surface area (Å²) in [7, 11) is -4.01. The van der Waals surface area contributed by atoms with Crippen molar-refractivity contribution in [2.75, 3.05) is 11.3 Å². The van der Waals surface area contributed by atoms with Crippen LogP contribution in [0, 0.1) is 41.5 Å². The molecule has 0 atom stereocenters. The Morgan fingerprint density at radius 1 is 0.902 bits per heavy atom. The van der Waals surface area contributed by atoms with Crippen LogP contribution in [0.15, 0.2) is 75.5 Å². The van der Waals surface area contributed by atoms with Gasteiger partial charge in [-0.05, 0) is 94.5 Å². The van der Waals surface area contributed by atoms with Crippen LogP contribution in [0.3, 0.4) is 0 Å². The van der Waals surface area contributed by atoms with Crippen LogP contribution in [0.2, 0.25) is 0 Å². The fraction of sp³-hybridized carbons (Fsp3) is 0.256. The molecule has 0 saturated heterocycles. The molecule has 9 nitrogen and oxygen atoms in total. The van der Waals surface area contributed by atoms with Crippen molar-refractivity contribution in [1.82, 2.24) is 19.9 Å². The number of anilines is 1. The van der Waals surface area contributed by atoms with Crippen molar-refractivity contribution < 1.29 is 18.0 Å². The Labute approximate surface area is 305 Å². The number of thiophene rings is 2. The molecule has 5 aromatic heterocycles. The minimum absolute atomic E-state index is 0.101. The molecule has 0 saturated carbocycles. The molecule has 0 unspecified atom stereocenters. The minimum atomic E-state index is -4.01. The zero-order valence-electron chi connectivity index (χ0n) is 29.4. The van der Waals surface area contributed by atoms with Crippen molar-refractivity contribution in [2.45, 2.75) is 65.1 Å². The van der Waals surface area contributed by atoms with Gasteiger partial charge >= 0.3 is 0 Å². The summed E-state index contributed by atoms with van der Waals surface area (Å²) in [4.78, 5) is 8.36. The first kappa shape index (κ1) is 34.8. The number of nitrogens with one attached hydrogen (secondary N) is 1. The van der Waals surface area contributed by atoms with Gasteiger partial charge in [-0.15, -0.1) is 22.7 Å². The Bertz CT molecular complexity index is 2510. The Balaban J connectivity index is 1.33. The maximum absolute atomic E-state index is 13.8. The van der Waals surface area contributed by atoms with Crippen molar-refractivity contribution in [3.05, 3.63) is 121 Å². The molecule has 2 aromatic carbocycles. The van der Waals surface area contributed by atoms with Gasteiger partial charge in [0.2, 0.25) is 0 Å². The first-order valence-corrected chi connectivity index (χ1v) is 19.8. The van der Waals surface area contributed by atoms with Crippen LogP contribution in [0.25, 0.3) is 32.6 Å². The van der Waals surface area contributed by atoms with Gasteiger partial charge in [0.15, 0.2) is 5.82 Å². The third-order valence-corrected chi connectivity index (χ3v) is 13.1. The average molecular weight is 738 g/mol. The molecule has 0 bridgehead atoms. The number of aliphatic hydroxyl groups excluding tert-OH is 1. The first-order chi connectivity index (χ1) is 24.4. The topological polar surface area (TPSA) is 123 Å². The molecule has 0 radical (unpaired) electrons. The summed E-state index contributed by atoms with van der Waals surface area (Å²) < 4.78 is 37.7. The second kappa shape index (κ2) is 13.8. The minimum Gasteiger partial charge on any atom is -0.396 e. The maximum Gasteiger partial charge on any atom is 0.273 e. The largest absolute Gasteiger partial charge is 0.396 e. The molecule has 0 aliphatic carbocycles. The van der Waals surface area contributed by atoms with Gasteiger partial charge in [0.1, 0.15) is 9.97 Å². The van der Waals surface area contributed by atoms with Crippen molar-refractivity contribution in [3.8, 4) is 21.7 Å². The monoisotopic (exact) mass is 737 g/mol. The van der Waals surface area contributed by atoms with Gasteiger partial charge in [-0.3, -0.25) is 14.4 Å². The van der Waals surface area contributed by atoms with Gasteiger partial charge in [0.25, 0.3) is 10.0 Å². The van der Waals surface area contributed by atoms with E-state index < -0.39 is 10.0 Å². The molecule has 0 spiro atoms. The quantitative estimate of drug-likeness (QED) is 0.136. The highest BCUT2D eigenvalue weighted by Crippen LogP contribution is 2.40. The molecular formula is C39H39N5O4S3. The van der Waals surface area contributed by atoms with Crippen LogP contribution in [0.4, 0.5) is 5.82 Å². The number of benzene rings is 2. The molecule has 51 heavy (non-hydrogen) atoms. The highest BCUT2D eigenvalue weighted by Gasteiger charge is 2.27. The second-order valence-electron chi connectivity index (χ2n) is 13.0. The number of rotatable bonds is 11. The standard InChI is InChI=1S/C39H39N5O4S3/c1-22-10-13-28(14-11-22)19-30-20-34-36(37(40-30)35-15-12-23(2)49-35)26(5)41-44(34)21-29-8-7-9-32(31(29)16-17-45)33-18-24(3)50-39(33)51(46,47)43-38-25(4)27(6)48-42-38/h7-15,18,20,45H,16-17,19,21H2,1-6H3,(H,42,43). The lowest BCUT2D eigenvalue weighted by Crippen LogP contribution is -2.14. The number of aryl methyl sites for hydroxylation is 5. The highest BCUT2D eigenvalue weighted by molar-refractivity contribution is 7.94. The van der Waals surface area contributed by atoms with E-state index in [2.05, 4.69) is 66.2 Å². The van der Waals surface area contributed by atoms with Gasteiger partial charge in [-0.1, -0.05) is 53.2 Å². The van der Waals surface area contributed by atoms with Gasteiger partial charge in [0.05, 0.1) is 33.7 Å². The normalized spacial score (nSPS) is 11.9. The molecule has 7 aromatic rings. The molecule has 2 N–H and O–H groups in total. The summed E-state index contributed by atoms with van der Waals surface area (Å²) >= 11 is 2.92. The predicted octanol–water partition coefficient (Wildman–Crippen LogP) is 8.70. The fourth-order valence-electron chi connectivity index (χ4n) is 6.46. The van der Waals surface area contributed by atoms with Crippen LogP contribution in [-0.2, 0) is 29.4 Å². The lowest BCUT2D eigenvalue weighted by Gasteiger charge is -2.16. The van der Waals surface area contributed by atoms with E-state index in [0.29, 0.717) is 36.3 Å². The van der Waals surface area contributed by atoms with Crippen molar-refractivity contribution in [1.29, 1.82) is 0 Å². The third kappa shape index (κ3) is 6.88. The smallest absolute Gasteiger partial charge is 0.273 e. The van der Waals surface area contributed by atoms with Crippen LogP contribution >= 0.6 is 22.7 Å². The molecule has 12 heteroatoms. The SMILES string of the molecule is Cc1ccc(Cc2cc3c(c(C)nn3Cc3cccc(-c4cc(C)sc4S(=O)(=O)Nc4noc(C)c4C)c3CCO)c(-c3ccc(C)s3)n2)cc1. The highest BCUT2D eigenvalue weighted by atomic mass is 32.2. The van der Waals surface area contributed by atoms with E-state index in [-0.39, 0.29) is 16.6 Å². The molecule has 262 valence electrons. The number of hydrogen-bond donors (Lipinski definition) is 2. The van der Waals surface area contributed by atoms with E-state index in [9.17, 15) is 13.5 Å². The molecule has 0 aliphatic rings. The van der Waals surface area contributed by atoms with E-state index in [0.717, 1.165) is 54.4 Å². The number of hydrogen-bond acceptors (Lipinski definition) is 9. The van der Waals surface area contributed by atoms with E-state index in [1.54, 1.807) is 25.2 Å². The number of aliphatic hydroxyl groups is 1. The van der Waals surface area contributed by atoms with E-state index in [1.165, 1.54) is 27.3 Å². The number of pyridine rings is 1. The Morgan fingerprint density at radius 2 is 1.69 bits per heavy atom. The number of fused-ring (bicyclic) bond motifs is 1. The van der Waals surface area contributed by atoms with Crippen LogP contribution in [0.1, 0.15) is 54.7 Å². The van der Waals surface area contributed by atoms with Crippen molar-refractivity contribution in [2.24, 2.45) is 0 Å². The molecule has 0 fully saturated rings. The fourth-order valence-corrected chi connectivity index (χ4v) is 10.0. The lowest BCUT2D eigenvalue weighted by molar-refractivity contribution is 0.299. The van der Waals surface area contributed by atoms with Crippen molar-refractivity contribution in [3.63, 3.8) is 0 Å². The van der Waals surface area contributed by atoms with E-state index in [4.69, 9.17) is 14.6 Å². The zero-order valence-corrected chi connectivity index (χ0v) is 31.8. The maximum atomic E-state index is 13.8. The molecule has 7 rings (SSSR count). The summed E-state index contributed by atoms with van der Waals surface area (Å²) in [6.45, 7) is 11.9. The summed E-state index contributed by atoms with van der Waals surface area (Å²) in [6.07, 6.45) is 1.02. The van der Waals surface area contributed by atoms with Gasteiger partial charge in [-0.2, -0.15) is 5.10 Å². The third-order valence-electron chi connectivity index (χ3n) is 9.14. The number of aromatic nitrogens is 4.